The molecule has 0 bridgehead atoms. The molecule has 204 valence electrons. The van der Waals surface area contributed by atoms with Gasteiger partial charge < -0.3 is 9.47 Å². The maximum absolute atomic E-state index is 11.0. The Morgan fingerprint density at radius 1 is 0.628 bits per heavy atom. The number of anilines is 1. The fourth-order valence-corrected chi connectivity index (χ4v) is 4.96. The summed E-state index contributed by atoms with van der Waals surface area (Å²) < 4.78 is 2.21. The fraction of sp³-hybridized carbons (Fsp3) is 0.0526. The van der Waals surface area contributed by atoms with Crippen LogP contribution in [0.5, 0.6) is 0 Å². The van der Waals surface area contributed by atoms with Crippen molar-refractivity contribution in [3.05, 3.63) is 147 Å². The molecule has 0 spiro atoms. The average molecular weight is 556 g/mol. The molecular formula is C38H25N3O2. The van der Waals surface area contributed by atoms with Crippen molar-refractivity contribution in [3.63, 3.8) is 0 Å². The number of terminal acetylenes is 1. The molecule has 5 aromatic carbocycles. The number of aromatic nitrogens is 1. The van der Waals surface area contributed by atoms with Gasteiger partial charge in [-0.15, -0.1) is 6.42 Å². The van der Waals surface area contributed by atoms with Gasteiger partial charge in [-0.25, -0.2) is 0 Å². The first-order valence-corrected chi connectivity index (χ1v) is 13.6. The van der Waals surface area contributed by atoms with E-state index in [1.807, 2.05) is 56.6 Å². The number of nitro benzene ring substituents is 1. The Kier molecular flexibility index (Phi) is 7.11. The van der Waals surface area contributed by atoms with Crippen LogP contribution in [0.3, 0.4) is 0 Å². The van der Waals surface area contributed by atoms with Crippen LogP contribution in [-0.2, 0) is 0 Å². The highest BCUT2D eigenvalue weighted by Gasteiger charge is 2.13. The Labute approximate surface area is 250 Å². The van der Waals surface area contributed by atoms with E-state index in [4.69, 9.17) is 6.42 Å². The summed E-state index contributed by atoms with van der Waals surface area (Å²) in [7, 11) is 4.03. The molecule has 0 aliphatic rings. The lowest BCUT2D eigenvalue weighted by molar-refractivity contribution is -0.384. The molecule has 0 unspecified atom stereocenters. The predicted octanol–water partition coefficient (Wildman–Crippen LogP) is 7.54. The van der Waals surface area contributed by atoms with E-state index in [-0.39, 0.29) is 5.69 Å². The largest absolute Gasteiger partial charge is 0.378 e. The second-order valence-corrected chi connectivity index (χ2v) is 10.2. The van der Waals surface area contributed by atoms with Crippen molar-refractivity contribution in [2.45, 2.75) is 0 Å². The Bertz CT molecular complexity index is 2180. The molecule has 5 heteroatoms. The number of nitrogens with zero attached hydrogens (tertiary/aromatic N) is 3. The monoisotopic (exact) mass is 555 g/mol. The van der Waals surface area contributed by atoms with Crippen molar-refractivity contribution >= 4 is 33.2 Å². The summed E-state index contributed by atoms with van der Waals surface area (Å²) in [5.41, 5.74) is 8.38. The van der Waals surface area contributed by atoms with Crippen LogP contribution < -0.4 is 4.90 Å². The standard InChI is InChI=1S/C38H25N3O2/c1-4-27-9-19-33(20-10-27)40-37-25-30(7-5-28-11-17-32(18-12-28)39(2)3)15-23-35(37)36-24-16-31(26-38(36)40)8-6-29-13-21-34(22-14-29)41(42)43/h1,9-26H,2-3H3. The van der Waals surface area contributed by atoms with Gasteiger partial charge in [0, 0.05) is 76.2 Å². The van der Waals surface area contributed by atoms with Crippen molar-refractivity contribution in [1.82, 2.24) is 4.57 Å². The number of nitro groups is 1. The van der Waals surface area contributed by atoms with Crippen LogP contribution in [0.25, 0.3) is 27.5 Å². The van der Waals surface area contributed by atoms with E-state index in [9.17, 15) is 10.1 Å². The second-order valence-electron chi connectivity index (χ2n) is 10.2. The lowest BCUT2D eigenvalue weighted by atomic mass is 10.1. The van der Waals surface area contributed by atoms with Gasteiger partial charge >= 0.3 is 0 Å². The Morgan fingerprint density at radius 2 is 1.07 bits per heavy atom. The highest BCUT2D eigenvalue weighted by atomic mass is 16.6. The molecule has 0 saturated carbocycles. The van der Waals surface area contributed by atoms with Crippen LogP contribution in [0.4, 0.5) is 11.4 Å². The molecule has 0 N–H and O–H groups in total. The molecule has 0 radical (unpaired) electrons. The van der Waals surface area contributed by atoms with Crippen molar-refractivity contribution < 1.29 is 4.92 Å². The molecule has 6 aromatic rings. The van der Waals surface area contributed by atoms with Crippen LogP contribution in [0.15, 0.2) is 109 Å². The first-order chi connectivity index (χ1) is 20.9. The smallest absolute Gasteiger partial charge is 0.269 e. The normalized spacial score (nSPS) is 10.3. The fourth-order valence-electron chi connectivity index (χ4n) is 4.96. The summed E-state index contributed by atoms with van der Waals surface area (Å²) in [6, 6.07) is 34.8. The first-order valence-electron chi connectivity index (χ1n) is 13.6. The van der Waals surface area contributed by atoms with Gasteiger partial charge in [-0.05, 0) is 84.9 Å². The molecule has 5 nitrogen and oxygen atoms in total. The van der Waals surface area contributed by atoms with E-state index < -0.39 is 4.92 Å². The van der Waals surface area contributed by atoms with Crippen LogP contribution in [0.1, 0.15) is 27.8 Å². The van der Waals surface area contributed by atoms with E-state index in [2.05, 4.69) is 81.5 Å². The molecule has 0 amide bonds. The third-order valence-electron chi connectivity index (χ3n) is 7.22. The van der Waals surface area contributed by atoms with Crippen molar-refractivity contribution in [2.75, 3.05) is 19.0 Å². The Balaban J connectivity index is 1.45. The minimum absolute atomic E-state index is 0.0404. The SMILES string of the molecule is C#Cc1ccc(-n2c3cc(C#Cc4ccc(N(C)C)cc4)ccc3c3ccc(C#Cc4ccc([N+](=O)[O-])cc4)cc32)cc1. The summed E-state index contributed by atoms with van der Waals surface area (Å²) in [6.45, 7) is 0. The predicted molar refractivity (Wildman–Crippen MR) is 175 cm³/mol. The van der Waals surface area contributed by atoms with Gasteiger partial charge in [0.2, 0.25) is 0 Å². The zero-order valence-corrected chi connectivity index (χ0v) is 23.6. The second kappa shape index (κ2) is 11.3. The van der Waals surface area contributed by atoms with Crippen LogP contribution >= 0.6 is 0 Å². The van der Waals surface area contributed by atoms with Crippen LogP contribution in [0, 0.1) is 46.1 Å². The van der Waals surface area contributed by atoms with Gasteiger partial charge in [-0.3, -0.25) is 10.1 Å². The molecule has 1 heterocycles. The number of hydrogen-bond acceptors (Lipinski definition) is 3. The molecule has 0 aliphatic carbocycles. The van der Waals surface area contributed by atoms with Gasteiger partial charge in [0.1, 0.15) is 0 Å². The molecule has 1 aromatic heterocycles. The number of hydrogen-bond donors (Lipinski definition) is 0. The zero-order chi connectivity index (χ0) is 29.9. The lowest BCUT2D eigenvalue weighted by Gasteiger charge is -2.11. The van der Waals surface area contributed by atoms with E-state index >= 15 is 0 Å². The quantitative estimate of drug-likeness (QED) is 0.129. The van der Waals surface area contributed by atoms with E-state index in [1.54, 1.807) is 12.1 Å². The summed E-state index contributed by atoms with van der Waals surface area (Å²) in [4.78, 5) is 12.6. The number of non-ortho nitro benzene ring substituents is 1. The maximum atomic E-state index is 11.0. The number of rotatable bonds is 3. The molecule has 6 rings (SSSR count). The number of benzene rings is 5. The van der Waals surface area contributed by atoms with Crippen molar-refractivity contribution in [1.29, 1.82) is 0 Å². The zero-order valence-electron chi connectivity index (χ0n) is 23.6. The topological polar surface area (TPSA) is 51.3 Å². The summed E-state index contributed by atoms with van der Waals surface area (Å²) in [5, 5.41) is 13.2. The highest BCUT2D eigenvalue weighted by molar-refractivity contribution is 6.10. The minimum atomic E-state index is -0.417. The van der Waals surface area contributed by atoms with Gasteiger partial charge in [0.15, 0.2) is 0 Å². The van der Waals surface area contributed by atoms with Crippen LogP contribution in [-0.4, -0.2) is 23.6 Å². The van der Waals surface area contributed by atoms with Gasteiger partial charge in [0.05, 0.1) is 16.0 Å². The summed E-state index contributed by atoms with van der Waals surface area (Å²) in [6.07, 6.45) is 5.63. The number of fused-ring (bicyclic) bond motifs is 3. The molecule has 0 fully saturated rings. The Hall–Kier alpha value is -6.22. The van der Waals surface area contributed by atoms with Gasteiger partial charge in [-0.2, -0.15) is 0 Å². The van der Waals surface area contributed by atoms with E-state index in [1.165, 1.54) is 12.1 Å². The maximum Gasteiger partial charge on any atom is 0.269 e. The van der Waals surface area contributed by atoms with Crippen LogP contribution in [0.2, 0.25) is 0 Å². The minimum Gasteiger partial charge on any atom is -0.378 e. The molecular weight excluding hydrogens is 530 g/mol. The van der Waals surface area contributed by atoms with Gasteiger partial charge in [-0.1, -0.05) is 41.7 Å². The lowest BCUT2D eigenvalue weighted by Crippen LogP contribution is -2.07. The van der Waals surface area contributed by atoms with Crippen molar-refractivity contribution in [2.24, 2.45) is 0 Å². The highest BCUT2D eigenvalue weighted by Crippen LogP contribution is 2.33. The van der Waals surface area contributed by atoms with E-state index in [0.29, 0.717) is 5.56 Å². The molecule has 0 atom stereocenters. The van der Waals surface area contributed by atoms with E-state index in [0.717, 1.165) is 55.4 Å². The molecule has 43 heavy (non-hydrogen) atoms. The van der Waals surface area contributed by atoms with Gasteiger partial charge in [0.25, 0.3) is 5.69 Å². The summed E-state index contributed by atoms with van der Waals surface area (Å²) in [5.74, 6) is 15.7. The van der Waals surface area contributed by atoms with Crippen molar-refractivity contribution in [3.8, 4) is 41.7 Å². The first kappa shape index (κ1) is 27.0. The average Bonchev–Trinajstić information content (AvgIpc) is 3.36. The molecule has 0 saturated heterocycles. The Morgan fingerprint density at radius 3 is 1.53 bits per heavy atom. The summed E-state index contributed by atoms with van der Waals surface area (Å²) >= 11 is 0. The third kappa shape index (κ3) is 5.55. The third-order valence-corrected chi connectivity index (χ3v) is 7.22. The molecule has 0 aliphatic heterocycles.